The first kappa shape index (κ1) is 14.3. The summed E-state index contributed by atoms with van der Waals surface area (Å²) in [7, 11) is 0. The maximum absolute atomic E-state index is 12.2. The lowest BCUT2D eigenvalue weighted by Gasteiger charge is -2.34. The number of aliphatic hydroxyl groups is 1. The number of aliphatic hydroxyl groups excluding tert-OH is 1. The summed E-state index contributed by atoms with van der Waals surface area (Å²) in [5.74, 6) is -0.00381. The van der Waals surface area contributed by atoms with Gasteiger partial charge in [0.2, 0.25) is 5.91 Å². The van der Waals surface area contributed by atoms with Crippen molar-refractivity contribution < 1.29 is 9.90 Å². The fourth-order valence-electron chi connectivity index (χ4n) is 2.23. The standard InChI is InChI=1S/C13H17BrN2O3/c1-9-6-15(5-4-11(9)17)13(19)8-16-7-10(14)2-3-12(16)18/h2-3,7,9,11,17H,4-6,8H2,1H3. The third-order valence-electron chi connectivity index (χ3n) is 3.47. The summed E-state index contributed by atoms with van der Waals surface area (Å²) in [5.41, 5.74) is -0.193. The van der Waals surface area contributed by atoms with E-state index < -0.39 is 0 Å². The molecule has 0 saturated carbocycles. The molecule has 6 heteroatoms. The van der Waals surface area contributed by atoms with Crippen molar-refractivity contribution in [2.24, 2.45) is 5.92 Å². The zero-order chi connectivity index (χ0) is 14.0. The molecule has 2 heterocycles. The average molecular weight is 329 g/mol. The van der Waals surface area contributed by atoms with E-state index >= 15 is 0 Å². The van der Waals surface area contributed by atoms with E-state index in [2.05, 4.69) is 15.9 Å². The second-order valence-electron chi connectivity index (χ2n) is 4.99. The Kier molecular flexibility index (Phi) is 4.42. The minimum Gasteiger partial charge on any atom is -0.393 e. The zero-order valence-corrected chi connectivity index (χ0v) is 12.3. The number of nitrogens with zero attached hydrogens (tertiary/aromatic N) is 2. The Labute approximate surface area is 120 Å². The van der Waals surface area contributed by atoms with Crippen LogP contribution in [0.2, 0.25) is 0 Å². The number of aromatic nitrogens is 1. The molecule has 1 aliphatic rings. The number of piperidine rings is 1. The van der Waals surface area contributed by atoms with E-state index in [-0.39, 0.29) is 30.0 Å². The predicted molar refractivity (Wildman–Crippen MR) is 74.8 cm³/mol. The van der Waals surface area contributed by atoms with Gasteiger partial charge in [0.1, 0.15) is 6.54 Å². The van der Waals surface area contributed by atoms with Gasteiger partial charge in [0, 0.05) is 29.8 Å². The molecule has 0 aliphatic carbocycles. The third kappa shape index (κ3) is 3.45. The van der Waals surface area contributed by atoms with E-state index in [1.54, 1.807) is 17.2 Å². The Hall–Kier alpha value is -1.14. The molecule has 104 valence electrons. The lowest BCUT2D eigenvalue weighted by atomic mass is 9.97. The molecule has 0 aromatic carbocycles. The van der Waals surface area contributed by atoms with Crippen LogP contribution in [0.3, 0.4) is 0 Å². The van der Waals surface area contributed by atoms with Crippen LogP contribution in [-0.4, -0.2) is 39.7 Å². The number of amides is 1. The largest absolute Gasteiger partial charge is 0.393 e. The predicted octanol–water partition coefficient (Wildman–Crippen LogP) is 0.840. The quantitative estimate of drug-likeness (QED) is 0.875. The molecule has 19 heavy (non-hydrogen) atoms. The Morgan fingerprint density at radius 2 is 2.26 bits per heavy atom. The van der Waals surface area contributed by atoms with E-state index in [1.807, 2.05) is 6.92 Å². The van der Waals surface area contributed by atoms with Crippen molar-refractivity contribution in [1.29, 1.82) is 0 Å². The Bertz CT molecular complexity index is 529. The van der Waals surface area contributed by atoms with Crippen molar-refractivity contribution in [1.82, 2.24) is 9.47 Å². The molecule has 1 aromatic heterocycles. The highest BCUT2D eigenvalue weighted by atomic mass is 79.9. The van der Waals surface area contributed by atoms with Gasteiger partial charge in [-0.3, -0.25) is 9.59 Å². The number of carbonyl (C=O) groups excluding carboxylic acids is 1. The van der Waals surface area contributed by atoms with Gasteiger partial charge in [-0.2, -0.15) is 0 Å². The molecule has 2 rings (SSSR count). The van der Waals surface area contributed by atoms with Gasteiger partial charge in [0.25, 0.3) is 5.56 Å². The maximum Gasteiger partial charge on any atom is 0.251 e. The Morgan fingerprint density at radius 1 is 1.53 bits per heavy atom. The van der Waals surface area contributed by atoms with Gasteiger partial charge in [-0.15, -0.1) is 0 Å². The van der Waals surface area contributed by atoms with Gasteiger partial charge in [-0.05, 0) is 34.3 Å². The number of rotatable bonds is 2. The molecule has 0 bridgehead atoms. The first-order chi connectivity index (χ1) is 8.97. The van der Waals surface area contributed by atoms with E-state index in [4.69, 9.17) is 0 Å². The van der Waals surface area contributed by atoms with E-state index in [0.717, 1.165) is 4.47 Å². The molecule has 2 unspecified atom stereocenters. The molecule has 1 amide bonds. The number of likely N-dealkylation sites (tertiary alicyclic amines) is 1. The fraction of sp³-hybridized carbons (Fsp3) is 0.538. The van der Waals surface area contributed by atoms with Crippen molar-refractivity contribution in [3.05, 3.63) is 33.2 Å². The number of hydrogen-bond donors (Lipinski definition) is 1. The zero-order valence-electron chi connectivity index (χ0n) is 10.8. The van der Waals surface area contributed by atoms with Gasteiger partial charge in [-0.1, -0.05) is 6.92 Å². The highest BCUT2D eigenvalue weighted by Crippen LogP contribution is 2.16. The molecule has 5 nitrogen and oxygen atoms in total. The Morgan fingerprint density at radius 3 is 2.95 bits per heavy atom. The summed E-state index contributed by atoms with van der Waals surface area (Å²) in [5, 5.41) is 9.65. The molecule has 1 aliphatic heterocycles. The summed E-state index contributed by atoms with van der Waals surface area (Å²) in [6, 6.07) is 3.09. The normalized spacial score (nSPS) is 23.4. The molecule has 0 radical (unpaired) electrons. The smallest absolute Gasteiger partial charge is 0.251 e. The highest BCUT2D eigenvalue weighted by molar-refractivity contribution is 9.10. The molecule has 1 fully saturated rings. The van der Waals surface area contributed by atoms with Gasteiger partial charge in [0.05, 0.1) is 6.10 Å². The lowest BCUT2D eigenvalue weighted by Crippen LogP contribution is -2.46. The number of carbonyl (C=O) groups is 1. The molecule has 1 aromatic rings. The summed E-state index contributed by atoms with van der Waals surface area (Å²) in [6.45, 7) is 3.06. The third-order valence-corrected chi connectivity index (χ3v) is 3.93. The molecular formula is C13H17BrN2O3. The van der Waals surface area contributed by atoms with Gasteiger partial charge in [0.15, 0.2) is 0 Å². The second-order valence-corrected chi connectivity index (χ2v) is 5.90. The molecule has 1 saturated heterocycles. The van der Waals surface area contributed by atoms with Crippen molar-refractivity contribution in [2.45, 2.75) is 26.0 Å². The van der Waals surface area contributed by atoms with Crippen LogP contribution in [0.25, 0.3) is 0 Å². The maximum atomic E-state index is 12.2. The van der Waals surface area contributed by atoms with Crippen LogP contribution in [0.15, 0.2) is 27.6 Å². The molecule has 0 spiro atoms. The first-order valence-corrected chi connectivity index (χ1v) is 7.08. The van der Waals surface area contributed by atoms with Crippen LogP contribution in [0, 0.1) is 5.92 Å². The summed E-state index contributed by atoms with van der Waals surface area (Å²) < 4.78 is 2.16. The number of pyridine rings is 1. The van der Waals surface area contributed by atoms with Crippen LogP contribution in [0.4, 0.5) is 0 Å². The minimum absolute atomic E-state index is 0.0427. The molecule has 1 N–H and O–H groups in total. The van der Waals surface area contributed by atoms with Crippen molar-refractivity contribution >= 4 is 21.8 Å². The second kappa shape index (κ2) is 5.88. The highest BCUT2D eigenvalue weighted by Gasteiger charge is 2.27. The SMILES string of the molecule is CC1CN(C(=O)Cn2cc(Br)ccc2=O)CCC1O. The van der Waals surface area contributed by atoms with Crippen LogP contribution >= 0.6 is 15.9 Å². The van der Waals surface area contributed by atoms with E-state index in [0.29, 0.717) is 19.5 Å². The van der Waals surface area contributed by atoms with Gasteiger partial charge in [-0.25, -0.2) is 0 Å². The summed E-state index contributed by atoms with van der Waals surface area (Å²) in [6.07, 6.45) is 1.88. The van der Waals surface area contributed by atoms with Crippen molar-refractivity contribution in [3.8, 4) is 0 Å². The van der Waals surface area contributed by atoms with Crippen LogP contribution < -0.4 is 5.56 Å². The van der Waals surface area contributed by atoms with Crippen LogP contribution in [-0.2, 0) is 11.3 Å². The summed E-state index contributed by atoms with van der Waals surface area (Å²) >= 11 is 3.28. The van der Waals surface area contributed by atoms with Gasteiger partial charge >= 0.3 is 0 Å². The monoisotopic (exact) mass is 328 g/mol. The van der Waals surface area contributed by atoms with E-state index in [9.17, 15) is 14.7 Å². The summed E-state index contributed by atoms with van der Waals surface area (Å²) in [4.78, 5) is 25.5. The number of halogens is 1. The van der Waals surface area contributed by atoms with Crippen LogP contribution in [0.5, 0.6) is 0 Å². The average Bonchev–Trinajstić information content (AvgIpc) is 2.37. The fourth-order valence-corrected chi connectivity index (χ4v) is 2.61. The van der Waals surface area contributed by atoms with Crippen molar-refractivity contribution in [3.63, 3.8) is 0 Å². The Balaban J connectivity index is 2.05. The van der Waals surface area contributed by atoms with E-state index in [1.165, 1.54) is 10.6 Å². The van der Waals surface area contributed by atoms with Gasteiger partial charge < -0.3 is 14.6 Å². The number of hydrogen-bond acceptors (Lipinski definition) is 3. The van der Waals surface area contributed by atoms with Crippen LogP contribution in [0.1, 0.15) is 13.3 Å². The molecular weight excluding hydrogens is 312 g/mol. The van der Waals surface area contributed by atoms with Crippen molar-refractivity contribution in [2.75, 3.05) is 13.1 Å². The minimum atomic E-state index is -0.336. The topological polar surface area (TPSA) is 62.5 Å². The lowest BCUT2D eigenvalue weighted by molar-refractivity contribution is -0.135. The first-order valence-electron chi connectivity index (χ1n) is 6.29. The molecule has 2 atom stereocenters.